The van der Waals surface area contributed by atoms with Gasteiger partial charge in [0, 0.05) is 5.69 Å². The van der Waals surface area contributed by atoms with Gasteiger partial charge in [0.25, 0.3) is 0 Å². The van der Waals surface area contributed by atoms with Crippen LogP contribution in [0, 0.1) is 6.92 Å². The number of aryl methyl sites for hydroxylation is 1. The Morgan fingerprint density at radius 3 is 2.43 bits per heavy atom. The second-order valence-corrected chi connectivity index (χ2v) is 6.53. The number of nitrogen functional groups attached to an aromatic ring is 1. The summed E-state index contributed by atoms with van der Waals surface area (Å²) in [6, 6.07) is 12.0. The molecule has 0 aliphatic rings. The van der Waals surface area contributed by atoms with Crippen LogP contribution in [0.4, 0.5) is 11.4 Å². The summed E-state index contributed by atoms with van der Waals surface area (Å²) in [5.41, 5.74) is 8.28. The Hall–Kier alpha value is -2.21. The van der Waals surface area contributed by atoms with Crippen molar-refractivity contribution in [1.82, 2.24) is 0 Å². The van der Waals surface area contributed by atoms with Crippen LogP contribution in [0.3, 0.4) is 0 Å². The molecule has 0 fully saturated rings. The molecule has 5 nitrogen and oxygen atoms in total. The number of ether oxygens (including phenoxy) is 1. The van der Waals surface area contributed by atoms with E-state index < -0.39 is 10.0 Å². The van der Waals surface area contributed by atoms with Gasteiger partial charge >= 0.3 is 0 Å². The average molecular weight is 306 g/mol. The third kappa shape index (κ3) is 4.13. The Morgan fingerprint density at radius 2 is 1.81 bits per heavy atom. The quantitative estimate of drug-likeness (QED) is 0.832. The molecule has 0 atom stereocenters. The first kappa shape index (κ1) is 15.2. The smallest absolute Gasteiger partial charge is 0.237 e. The van der Waals surface area contributed by atoms with Crippen LogP contribution in [-0.4, -0.2) is 15.5 Å². The Morgan fingerprint density at radius 1 is 1.14 bits per heavy atom. The van der Waals surface area contributed by atoms with Crippen LogP contribution in [-0.2, 0) is 15.8 Å². The van der Waals surface area contributed by atoms with Crippen molar-refractivity contribution in [3.05, 3.63) is 53.6 Å². The number of sulfonamides is 1. The molecule has 0 saturated heterocycles. The zero-order valence-corrected chi connectivity index (χ0v) is 12.8. The van der Waals surface area contributed by atoms with E-state index in [1.54, 1.807) is 36.4 Å². The molecule has 2 aromatic rings. The number of hydrogen-bond donors (Lipinski definition) is 2. The molecule has 0 saturated carbocycles. The highest BCUT2D eigenvalue weighted by molar-refractivity contribution is 7.91. The zero-order chi connectivity index (χ0) is 15.5. The van der Waals surface area contributed by atoms with Gasteiger partial charge in [0.15, 0.2) is 0 Å². The van der Waals surface area contributed by atoms with Crippen LogP contribution in [0.25, 0.3) is 0 Å². The van der Waals surface area contributed by atoms with Crippen LogP contribution < -0.4 is 15.2 Å². The van der Waals surface area contributed by atoms with Gasteiger partial charge in [-0.15, -0.1) is 0 Å². The van der Waals surface area contributed by atoms with Crippen LogP contribution in [0.1, 0.15) is 11.1 Å². The summed E-state index contributed by atoms with van der Waals surface area (Å²) in [6.07, 6.45) is 0. The van der Waals surface area contributed by atoms with Gasteiger partial charge in [0.05, 0.1) is 18.6 Å². The van der Waals surface area contributed by atoms with Crippen molar-refractivity contribution < 1.29 is 13.2 Å². The molecule has 0 unspecified atom stereocenters. The number of benzene rings is 2. The first-order valence-corrected chi connectivity index (χ1v) is 8.04. The molecule has 0 radical (unpaired) electrons. The molecule has 0 heterocycles. The molecule has 112 valence electrons. The number of hydrogen-bond acceptors (Lipinski definition) is 4. The first-order valence-electron chi connectivity index (χ1n) is 6.39. The van der Waals surface area contributed by atoms with Gasteiger partial charge in [-0.2, -0.15) is 0 Å². The molecule has 0 bridgehead atoms. The highest BCUT2D eigenvalue weighted by Crippen LogP contribution is 2.26. The van der Waals surface area contributed by atoms with Crippen molar-refractivity contribution in [3.8, 4) is 5.75 Å². The van der Waals surface area contributed by atoms with E-state index in [0.29, 0.717) is 22.7 Å². The summed E-state index contributed by atoms with van der Waals surface area (Å²) in [4.78, 5) is 0. The number of rotatable bonds is 5. The molecule has 2 aromatic carbocycles. The maximum Gasteiger partial charge on any atom is 0.237 e. The Bertz CT molecular complexity index is 725. The normalized spacial score (nSPS) is 11.1. The summed E-state index contributed by atoms with van der Waals surface area (Å²) >= 11 is 0. The van der Waals surface area contributed by atoms with E-state index in [4.69, 9.17) is 10.5 Å². The minimum Gasteiger partial charge on any atom is -0.495 e. The molecular formula is C15H18N2O3S. The summed E-state index contributed by atoms with van der Waals surface area (Å²) in [5.74, 6) is 0.375. The third-order valence-corrected chi connectivity index (χ3v) is 4.20. The van der Waals surface area contributed by atoms with Crippen LogP contribution >= 0.6 is 0 Å². The fourth-order valence-corrected chi connectivity index (χ4v) is 3.13. The molecule has 2 rings (SSSR count). The van der Waals surface area contributed by atoms with Crippen molar-refractivity contribution in [3.63, 3.8) is 0 Å². The Balaban J connectivity index is 2.19. The molecule has 0 spiro atoms. The molecule has 0 aliphatic heterocycles. The lowest BCUT2D eigenvalue weighted by molar-refractivity contribution is 0.416. The lowest BCUT2D eigenvalue weighted by Gasteiger charge is -2.12. The fraction of sp³-hybridized carbons (Fsp3) is 0.200. The Labute approximate surface area is 124 Å². The van der Waals surface area contributed by atoms with Crippen molar-refractivity contribution in [2.75, 3.05) is 17.6 Å². The predicted octanol–water partition coefficient (Wildman–Crippen LogP) is 2.53. The minimum atomic E-state index is -3.52. The number of nitrogens with one attached hydrogen (secondary N) is 1. The molecule has 6 heteroatoms. The maximum absolute atomic E-state index is 12.2. The summed E-state index contributed by atoms with van der Waals surface area (Å²) in [7, 11) is -2.01. The van der Waals surface area contributed by atoms with E-state index >= 15 is 0 Å². The van der Waals surface area contributed by atoms with E-state index in [2.05, 4.69) is 4.72 Å². The van der Waals surface area contributed by atoms with Crippen LogP contribution in [0.5, 0.6) is 5.75 Å². The van der Waals surface area contributed by atoms with E-state index in [9.17, 15) is 8.42 Å². The largest absolute Gasteiger partial charge is 0.495 e. The van der Waals surface area contributed by atoms with Crippen molar-refractivity contribution in [2.24, 2.45) is 0 Å². The van der Waals surface area contributed by atoms with Crippen LogP contribution in [0.2, 0.25) is 0 Å². The molecule has 3 N–H and O–H groups in total. The molecule has 0 aromatic heterocycles. The minimum absolute atomic E-state index is 0.121. The summed E-state index contributed by atoms with van der Waals surface area (Å²) < 4.78 is 32.2. The van der Waals surface area contributed by atoms with Gasteiger partial charge in [-0.1, -0.05) is 18.2 Å². The monoisotopic (exact) mass is 306 g/mol. The zero-order valence-electron chi connectivity index (χ0n) is 12.0. The van der Waals surface area contributed by atoms with Gasteiger partial charge < -0.3 is 10.5 Å². The number of methoxy groups -OCH3 is 1. The first-order chi connectivity index (χ1) is 9.89. The van der Waals surface area contributed by atoms with Gasteiger partial charge in [-0.25, -0.2) is 8.42 Å². The summed E-state index contributed by atoms with van der Waals surface area (Å²) in [6.45, 7) is 1.91. The number of anilines is 2. The predicted molar refractivity (Wildman–Crippen MR) is 84.8 cm³/mol. The average Bonchev–Trinajstić information content (AvgIpc) is 2.43. The molecular weight excluding hydrogens is 288 g/mol. The van der Waals surface area contributed by atoms with Gasteiger partial charge in [-0.05, 0) is 42.3 Å². The topological polar surface area (TPSA) is 81.4 Å². The number of nitrogens with two attached hydrogens (primary N) is 1. The van der Waals surface area contributed by atoms with E-state index in [0.717, 1.165) is 5.56 Å². The van der Waals surface area contributed by atoms with Gasteiger partial charge in [0.1, 0.15) is 5.75 Å². The molecule has 21 heavy (non-hydrogen) atoms. The highest BCUT2D eigenvalue weighted by Gasteiger charge is 2.14. The van der Waals surface area contributed by atoms with Crippen molar-refractivity contribution in [1.29, 1.82) is 0 Å². The van der Waals surface area contributed by atoms with Crippen molar-refractivity contribution in [2.45, 2.75) is 12.7 Å². The van der Waals surface area contributed by atoms with E-state index in [-0.39, 0.29) is 5.75 Å². The maximum atomic E-state index is 12.2. The van der Waals surface area contributed by atoms with E-state index in [1.807, 2.05) is 13.0 Å². The standard InChI is InChI=1S/C15H18N2O3S/c1-11-3-8-14(15(9-11)20-2)17-21(18,19)10-12-4-6-13(16)7-5-12/h3-9,17H,10,16H2,1-2H3. The fourth-order valence-electron chi connectivity index (χ4n) is 1.92. The van der Waals surface area contributed by atoms with Crippen molar-refractivity contribution >= 4 is 21.4 Å². The molecule has 0 aliphatic carbocycles. The Kier molecular flexibility index (Phi) is 4.37. The lowest BCUT2D eigenvalue weighted by atomic mass is 10.2. The highest BCUT2D eigenvalue weighted by atomic mass is 32.2. The van der Waals surface area contributed by atoms with Crippen LogP contribution in [0.15, 0.2) is 42.5 Å². The van der Waals surface area contributed by atoms with E-state index in [1.165, 1.54) is 7.11 Å². The van der Waals surface area contributed by atoms with Gasteiger partial charge in [-0.3, -0.25) is 4.72 Å². The SMILES string of the molecule is COc1cc(C)ccc1NS(=O)(=O)Cc1ccc(N)cc1. The lowest BCUT2D eigenvalue weighted by Crippen LogP contribution is -2.15. The van der Waals surface area contributed by atoms with Gasteiger partial charge in [0.2, 0.25) is 10.0 Å². The second kappa shape index (κ2) is 6.05. The summed E-state index contributed by atoms with van der Waals surface area (Å²) in [5, 5.41) is 0. The second-order valence-electron chi connectivity index (χ2n) is 4.81. The third-order valence-electron chi connectivity index (χ3n) is 2.96. The molecule has 0 amide bonds.